The highest BCUT2D eigenvalue weighted by atomic mass is 16.2. The molecule has 9 nitrogen and oxygen atoms in total. The molecule has 252 valence electrons. The first-order chi connectivity index (χ1) is 23.2. The van der Waals surface area contributed by atoms with Crippen molar-refractivity contribution in [1.82, 2.24) is 30.8 Å². The third-order valence-electron chi connectivity index (χ3n) is 8.44. The summed E-state index contributed by atoms with van der Waals surface area (Å²) in [5.41, 5.74) is 5.04. The summed E-state index contributed by atoms with van der Waals surface area (Å²) in [5, 5.41) is 9.02. The Hall–Kier alpha value is -4.89. The van der Waals surface area contributed by atoms with E-state index in [1.165, 1.54) is 0 Å². The Labute approximate surface area is 284 Å². The van der Waals surface area contributed by atoms with E-state index in [-0.39, 0.29) is 23.6 Å². The standard InChI is InChI=1S/C39H48N6O3/c1-28(2)36(39(48)42-25-32-17-15-29(3)16-18-32)44-37(46)34(21-19-30-11-7-5-8-12-30)43-38(47)35(22-20-31-13-9-6-10-14-31)45(4)27-33-26-40-23-24-41-33/h5-18,23-24,26,28,34-36H,19-22,25,27H2,1-4H3,(H,42,48)(H,43,47)(H,44,46)/t34-,35-,36-/m0/s1. The van der Waals surface area contributed by atoms with Crippen LogP contribution in [0.4, 0.5) is 0 Å². The number of hydrogen-bond donors (Lipinski definition) is 3. The van der Waals surface area contributed by atoms with Gasteiger partial charge in [0.2, 0.25) is 17.7 Å². The molecule has 3 aromatic carbocycles. The van der Waals surface area contributed by atoms with E-state index in [1.807, 2.05) is 118 Å². The van der Waals surface area contributed by atoms with Gasteiger partial charge >= 0.3 is 0 Å². The maximum absolute atomic E-state index is 14.1. The minimum atomic E-state index is -0.854. The van der Waals surface area contributed by atoms with Gasteiger partial charge in [0, 0.05) is 31.7 Å². The van der Waals surface area contributed by atoms with E-state index in [0.717, 1.165) is 27.9 Å². The number of carbonyl (C=O) groups excluding carboxylic acids is 3. The van der Waals surface area contributed by atoms with Crippen LogP contribution in [-0.2, 0) is 40.3 Å². The molecule has 3 N–H and O–H groups in total. The van der Waals surface area contributed by atoms with Crippen LogP contribution in [0.3, 0.4) is 0 Å². The van der Waals surface area contributed by atoms with Crippen LogP contribution in [0.25, 0.3) is 0 Å². The zero-order valence-electron chi connectivity index (χ0n) is 28.4. The Bertz CT molecular complexity index is 1570. The monoisotopic (exact) mass is 648 g/mol. The van der Waals surface area contributed by atoms with E-state index in [2.05, 4.69) is 25.9 Å². The van der Waals surface area contributed by atoms with Gasteiger partial charge < -0.3 is 16.0 Å². The number of aryl methyl sites for hydroxylation is 3. The van der Waals surface area contributed by atoms with Crippen LogP contribution in [-0.4, -0.2) is 57.8 Å². The average molecular weight is 649 g/mol. The number of hydrogen-bond acceptors (Lipinski definition) is 6. The molecule has 0 fully saturated rings. The number of rotatable bonds is 17. The molecule has 4 rings (SSSR count). The summed E-state index contributed by atoms with van der Waals surface area (Å²) in [6, 6.07) is 25.7. The zero-order chi connectivity index (χ0) is 34.3. The first-order valence-corrected chi connectivity index (χ1v) is 16.7. The molecule has 0 spiro atoms. The van der Waals surface area contributed by atoms with Crippen LogP contribution in [0, 0.1) is 12.8 Å². The number of benzene rings is 3. The van der Waals surface area contributed by atoms with E-state index < -0.39 is 18.1 Å². The molecule has 0 saturated carbocycles. The third-order valence-corrected chi connectivity index (χ3v) is 8.44. The molecule has 0 aliphatic heterocycles. The van der Waals surface area contributed by atoms with Gasteiger partial charge in [-0.1, -0.05) is 104 Å². The lowest BCUT2D eigenvalue weighted by Crippen LogP contribution is -2.57. The second-order valence-corrected chi connectivity index (χ2v) is 12.7. The Balaban J connectivity index is 1.51. The molecular formula is C39H48N6O3. The van der Waals surface area contributed by atoms with Crippen LogP contribution in [0.2, 0.25) is 0 Å². The largest absolute Gasteiger partial charge is 0.350 e. The van der Waals surface area contributed by atoms with Crippen LogP contribution in [0.1, 0.15) is 54.6 Å². The van der Waals surface area contributed by atoms with Crippen molar-refractivity contribution in [2.75, 3.05) is 7.05 Å². The Morgan fingerprint density at radius 2 is 1.35 bits per heavy atom. The van der Waals surface area contributed by atoms with E-state index in [4.69, 9.17) is 0 Å². The molecule has 1 aromatic heterocycles. The Morgan fingerprint density at radius 1 is 0.729 bits per heavy atom. The summed E-state index contributed by atoms with van der Waals surface area (Å²) in [6.07, 6.45) is 7.11. The van der Waals surface area contributed by atoms with E-state index in [0.29, 0.717) is 38.8 Å². The lowest BCUT2D eigenvalue weighted by Gasteiger charge is -2.30. The van der Waals surface area contributed by atoms with E-state index in [1.54, 1.807) is 18.6 Å². The van der Waals surface area contributed by atoms with Crippen molar-refractivity contribution in [3.05, 3.63) is 131 Å². The fourth-order valence-electron chi connectivity index (χ4n) is 5.56. The summed E-state index contributed by atoms with van der Waals surface area (Å²) in [6.45, 7) is 6.58. The number of nitrogens with zero attached hydrogens (tertiary/aromatic N) is 3. The highest BCUT2D eigenvalue weighted by Gasteiger charge is 2.31. The molecule has 0 aliphatic carbocycles. The van der Waals surface area contributed by atoms with Gasteiger partial charge in [0.05, 0.1) is 11.7 Å². The van der Waals surface area contributed by atoms with Crippen molar-refractivity contribution < 1.29 is 14.4 Å². The van der Waals surface area contributed by atoms with Gasteiger partial charge in [-0.05, 0) is 62.3 Å². The molecule has 0 aliphatic rings. The summed E-state index contributed by atoms with van der Waals surface area (Å²) in [4.78, 5) is 51.9. The number of amides is 3. The van der Waals surface area contributed by atoms with Crippen LogP contribution in [0.5, 0.6) is 0 Å². The van der Waals surface area contributed by atoms with Gasteiger partial charge in [0.25, 0.3) is 0 Å². The minimum Gasteiger partial charge on any atom is -0.350 e. The fourth-order valence-corrected chi connectivity index (χ4v) is 5.56. The van der Waals surface area contributed by atoms with Crippen LogP contribution in [0.15, 0.2) is 104 Å². The molecule has 4 aromatic rings. The topological polar surface area (TPSA) is 116 Å². The quantitative estimate of drug-likeness (QED) is 0.152. The predicted molar refractivity (Wildman–Crippen MR) is 189 cm³/mol. The number of aromatic nitrogens is 2. The number of carbonyl (C=O) groups is 3. The van der Waals surface area contributed by atoms with Gasteiger partial charge in [-0.25, -0.2) is 0 Å². The maximum Gasteiger partial charge on any atom is 0.243 e. The first-order valence-electron chi connectivity index (χ1n) is 16.7. The molecule has 3 amide bonds. The Kier molecular flexibility index (Phi) is 13.8. The van der Waals surface area contributed by atoms with Crippen LogP contribution >= 0.6 is 0 Å². The average Bonchev–Trinajstić information content (AvgIpc) is 3.09. The molecule has 9 heteroatoms. The molecule has 48 heavy (non-hydrogen) atoms. The zero-order valence-corrected chi connectivity index (χ0v) is 28.4. The molecule has 1 heterocycles. The van der Waals surface area contributed by atoms with Crippen molar-refractivity contribution in [2.24, 2.45) is 5.92 Å². The van der Waals surface area contributed by atoms with Crippen molar-refractivity contribution in [3.63, 3.8) is 0 Å². The molecule has 0 saturated heterocycles. The van der Waals surface area contributed by atoms with Crippen molar-refractivity contribution >= 4 is 17.7 Å². The molecular weight excluding hydrogens is 600 g/mol. The predicted octanol–water partition coefficient (Wildman–Crippen LogP) is 4.79. The van der Waals surface area contributed by atoms with Gasteiger partial charge in [0.1, 0.15) is 12.1 Å². The smallest absolute Gasteiger partial charge is 0.243 e. The number of nitrogens with one attached hydrogen (secondary N) is 3. The maximum atomic E-state index is 14.1. The van der Waals surface area contributed by atoms with Crippen LogP contribution < -0.4 is 16.0 Å². The van der Waals surface area contributed by atoms with Crippen molar-refractivity contribution in [2.45, 2.75) is 77.7 Å². The highest BCUT2D eigenvalue weighted by molar-refractivity contribution is 5.93. The number of likely N-dealkylation sites (N-methyl/N-ethyl adjacent to an activating group) is 1. The lowest BCUT2D eigenvalue weighted by atomic mass is 9.99. The van der Waals surface area contributed by atoms with Gasteiger partial charge in [-0.3, -0.25) is 29.3 Å². The van der Waals surface area contributed by atoms with E-state index >= 15 is 0 Å². The van der Waals surface area contributed by atoms with Crippen molar-refractivity contribution in [3.8, 4) is 0 Å². The summed E-state index contributed by atoms with van der Waals surface area (Å²) >= 11 is 0. The second kappa shape index (κ2) is 18.4. The summed E-state index contributed by atoms with van der Waals surface area (Å²) in [5.74, 6) is -1.08. The molecule has 0 radical (unpaired) electrons. The minimum absolute atomic E-state index is 0.172. The van der Waals surface area contributed by atoms with E-state index in [9.17, 15) is 14.4 Å². The first kappa shape index (κ1) is 36.0. The van der Waals surface area contributed by atoms with Crippen molar-refractivity contribution in [1.29, 1.82) is 0 Å². The molecule has 3 atom stereocenters. The molecule has 0 unspecified atom stereocenters. The van der Waals surface area contributed by atoms with Gasteiger partial charge in [-0.15, -0.1) is 0 Å². The highest BCUT2D eigenvalue weighted by Crippen LogP contribution is 2.14. The SMILES string of the molecule is Cc1ccc(CNC(=O)[C@@H](NC(=O)[C@H](CCc2ccccc2)NC(=O)[C@H](CCc2ccccc2)N(C)Cc2cnccn2)C(C)C)cc1. The second-order valence-electron chi connectivity index (χ2n) is 12.7. The lowest BCUT2D eigenvalue weighted by molar-refractivity contribution is -0.134. The van der Waals surface area contributed by atoms with Gasteiger partial charge in [-0.2, -0.15) is 0 Å². The third kappa shape index (κ3) is 11.4. The Morgan fingerprint density at radius 3 is 1.94 bits per heavy atom. The van der Waals surface area contributed by atoms with Gasteiger partial charge in [0.15, 0.2) is 0 Å². The fraction of sp³-hybridized carbons (Fsp3) is 0.359. The normalized spacial score (nSPS) is 13.0. The summed E-state index contributed by atoms with van der Waals surface area (Å²) in [7, 11) is 1.89. The summed E-state index contributed by atoms with van der Waals surface area (Å²) < 4.78 is 0. The molecule has 0 bridgehead atoms.